The molecule has 3 rings (SSSR count). The summed E-state index contributed by atoms with van der Waals surface area (Å²) in [6.07, 6.45) is 0. The van der Waals surface area contributed by atoms with E-state index in [4.69, 9.17) is 9.47 Å². The lowest BCUT2D eigenvalue weighted by molar-refractivity contribution is -0.119. The van der Waals surface area contributed by atoms with Gasteiger partial charge >= 0.3 is 0 Å². The molecule has 0 fully saturated rings. The molecule has 1 amide bonds. The van der Waals surface area contributed by atoms with E-state index in [0.717, 1.165) is 11.1 Å². The molecule has 0 bridgehead atoms. The van der Waals surface area contributed by atoms with E-state index < -0.39 is 11.9 Å². The van der Waals surface area contributed by atoms with E-state index in [1.54, 1.807) is 31.2 Å². The fraction of sp³-hybridized carbons (Fsp3) is 0.227. The molecule has 0 saturated heterocycles. The Morgan fingerprint density at radius 2 is 1.76 bits per heavy atom. The van der Waals surface area contributed by atoms with Crippen molar-refractivity contribution in [1.29, 1.82) is 0 Å². The van der Waals surface area contributed by atoms with Gasteiger partial charge in [0.15, 0.2) is 0 Å². The standard InChI is InChI=1S/C22H23N3O4/c1-14-5-7-16(8-6-14)18-10-12-21(26)25(24-18)15(2)22(27)23-19-13-17(28-3)9-11-20(19)29-4/h5-13,15H,1-4H3,(H,23,27). The summed E-state index contributed by atoms with van der Waals surface area (Å²) in [5.41, 5.74) is 2.70. The molecule has 1 N–H and O–H groups in total. The third-order valence-electron chi connectivity index (χ3n) is 4.58. The topological polar surface area (TPSA) is 82.4 Å². The van der Waals surface area contributed by atoms with Crippen molar-refractivity contribution in [2.24, 2.45) is 0 Å². The van der Waals surface area contributed by atoms with Crippen molar-refractivity contribution < 1.29 is 14.3 Å². The number of nitrogens with one attached hydrogen (secondary N) is 1. The molecule has 2 aromatic carbocycles. The summed E-state index contributed by atoms with van der Waals surface area (Å²) in [5, 5.41) is 7.18. The Balaban J connectivity index is 1.89. The van der Waals surface area contributed by atoms with Crippen LogP contribution in [0.4, 0.5) is 5.69 Å². The molecule has 1 aromatic heterocycles. The number of carbonyl (C=O) groups is 1. The molecule has 150 valence electrons. The van der Waals surface area contributed by atoms with Gasteiger partial charge in [0.2, 0.25) is 5.91 Å². The molecule has 7 heteroatoms. The molecule has 3 aromatic rings. The van der Waals surface area contributed by atoms with Crippen LogP contribution in [0.25, 0.3) is 11.3 Å². The fourth-order valence-corrected chi connectivity index (χ4v) is 2.84. The van der Waals surface area contributed by atoms with Crippen LogP contribution < -0.4 is 20.3 Å². The monoisotopic (exact) mass is 393 g/mol. The molecule has 1 atom stereocenters. The van der Waals surface area contributed by atoms with E-state index in [1.807, 2.05) is 31.2 Å². The third-order valence-corrected chi connectivity index (χ3v) is 4.58. The van der Waals surface area contributed by atoms with Crippen molar-refractivity contribution in [3.8, 4) is 22.8 Å². The van der Waals surface area contributed by atoms with E-state index in [1.165, 1.54) is 25.0 Å². The molecule has 0 saturated carbocycles. The van der Waals surface area contributed by atoms with Gasteiger partial charge in [-0.05, 0) is 32.0 Å². The number of hydrogen-bond acceptors (Lipinski definition) is 5. The molecule has 1 heterocycles. The molecule has 1 unspecified atom stereocenters. The Hall–Kier alpha value is -3.61. The minimum Gasteiger partial charge on any atom is -0.497 e. The SMILES string of the molecule is COc1ccc(OC)c(NC(=O)C(C)n2nc(-c3ccc(C)cc3)ccc2=O)c1. The molecule has 29 heavy (non-hydrogen) atoms. The highest BCUT2D eigenvalue weighted by Gasteiger charge is 2.20. The summed E-state index contributed by atoms with van der Waals surface area (Å²) in [4.78, 5) is 25.2. The number of aromatic nitrogens is 2. The van der Waals surface area contributed by atoms with Gasteiger partial charge < -0.3 is 14.8 Å². The van der Waals surface area contributed by atoms with Crippen molar-refractivity contribution in [3.63, 3.8) is 0 Å². The Labute approximate surface area is 168 Å². The highest BCUT2D eigenvalue weighted by molar-refractivity contribution is 5.95. The largest absolute Gasteiger partial charge is 0.497 e. The lowest BCUT2D eigenvalue weighted by Crippen LogP contribution is -2.33. The average Bonchev–Trinajstić information content (AvgIpc) is 2.74. The van der Waals surface area contributed by atoms with Gasteiger partial charge in [-0.25, -0.2) is 4.68 Å². The molecular weight excluding hydrogens is 370 g/mol. The maximum absolute atomic E-state index is 12.8. The number of rotatable bonds is 6. The molecule has 0 radical (unpaired) electrons. The summed E-state index contributed by atoms with van der Waals surface area (Å²) < 4.78 is 11.7. The summed E-state index contributed by atoms with van der Waals surface area (Å²) in [6, 6.07) is 15.1. The highest BCUT2D eigenvalue weighted by Crippen LogP contribution is 2.29. The molecule has 0 aliphatic carbocycles. The summed E-state index contributed by atoms with van der Waals surface area (Å²) >= 11 is 0. The van der Waals surface area contributed by atoms with Crippen LogP contribution in [0, 0.1) is 6.92 Å². The van der Waals surface area contributed by atoms with Gasteiger partial charge in [-0.2, -0.15) is 5.10 Å². The van der Waals surface area contributed by atoms with Gasteiger partial charge in [0, 0.05) is 17.7 Å². The smallest absolute Gasteiger partial charge is 0.267 e. The van der Waals surface area contributed by atoms with Crippen molar-refractivity contribution in [2.75, 3.05) is 19.5 Å². The lowest BCUT2D eigenvalue weighted by atomic mass is 10.1. The second kappa shape index (κ2) is 8.60. The van der Waals surface area contributed by atoms with E-state index in [9.17, 15) is 9.59 Å². The molecule has 0 spiro atoms. The Morgan fingerprint density at radius 1 is 1.03 bits per heavy atom. The summed E-state index contributed by atoms with van der Waals surface area (Å²) in [6.45, 7) is 3.62. The van der Waals surface area contributed by atoms with Crippen molar-refractivity contribution in [2.45, 2.75) is 19.9 Å². The van der Waals surface area contributed by atoms with E-state index in [-0.39, 0.29) is 5.56 Å². The number of hydrogen-bond donors (Lipinski definition) is 1. The number of amides is 1. The lowest BCUT2D eigenvalue weighted by Gasteiger charge is -2.17. The van der Waals surface area contributed by atoms with Crippen LogP contribution in [0.3, 0.4) is 0 Å². The van der Waals surface area contributed by atoms with Crippen LogP contribution in [0.1, 0.15) is 18.5 Å². The molecular formula is C22H23N3O4. The summed E-state index contributed by atoms with van der Waals surface area (Å²) in [7, 11) is 3.05. The molecule has 0 aliphatic heterocycles. The van der Waals surface area contributed by atoms with E-state index >= 15 is 0 Å². The summed E-state index contributed by atoms with van der Waals surface area (Å²) in [5.74, 6) is 0.665. The van der Waals surface area contributed by atoms with Gasteiger partial charge in [-0.15, -0.1) is 0 Å². The van der Waals surface area contributed by atoms with Gasteiger partial charge in [-0.1, -0.05) is 29.8 Å². The van der Waals surface area contributed by atoms with Crippen molar-refractivity contribution >= 4 is 11.6 Å². The average molecular weight is 393 g/mol. The normalized spacial score (nSPS) is 11.6. The number of methoxy groups -OCH3 is 2. The Bertz CT molecular complexity index is 1070. The first-order valence-corrected chi connectivity index (χ1v) is 9.12. The van der Waals surface area contributed by atoms with Crippen LogP contribution in [0.2, 0.25) is 0 Å². The number of benzene rings is 2. The third kappa shape index (κ3) is 4.45. The predicted molar refractivity (Wildman–Crippen MR) is 112 cm³/mol. The number of nitrogens with zero attached hydrogens (tertiary/aromatic N) is 2. The maximum Gasteiger partial charge on any atom is 0.267 e. The number of anilines is 1. The molecule has 7 nitrogen and oxygen atoms in total. The number of ether oxygens (including phenoxy) is 2. The van der Waals surface area contributed by atoms with Crippen molar-refractivity contribution in [1.82, 2.24) is 9.78 Å². The fourth-order valence-electron chi connectivity index (χ4n) is 2.84. The minimum atomic E-state index is -0.830. The van der Waals surface area contributed by atoms with Gasteiger partial charge in [-0.3, -0.25) is 9.59 Å². The second-order valence-corrected chi connectivity index (χ2v) is 6.60. The van der Waals surface area contributed by atoms with Crippen LogP contribution in [0.15, 0.2) is 59.4 Å². The van der Waals surface area contributed by atoms with Crippen LogP contribution >= 0.6 is 0 Å². The maximum atomic E-state index is 12.8. The Kier molecular flexibility index (Phi) is 5.97. The van der Waals surface area contributed by atoms with Gasteiger partial charge in [0.25, 0.3) is 5.56 Å². The zero-order valence-corrected chi connectivity index (χ0v) is 16.8. The zero-order chi connectivity index (χ0) is 21.0. The van der Waals surface area contributed by atoms with Gasteiger partial charge in [0.05, 0.1) is 25.6 Å². The Morgan fingerprint density at radius 3 is 2.41 bits per heavy atom. The van der Waals surface area contributed by atoms with E-state index in [2.05, 4.69) is 10.4 Å². The van der Waals surface area contributed by atoms with Crippen LogP contribution in [-0.2, 0) is 4.79 Å². The van der Waals surface area contributed by atoms with Crippen LogP contribution in [-0.4, -0.2) is 29.9 Å². The van der Waals surface area contributed by atoms with Gasteiger partial charge in [0.1, 0.15) is 17.5 Å². The predicted octanol–water partition coefficient (Wildman–Crippen LogP) is 3.44. The minimum absolute atomic E-state index is 0.360. The van der Waals surface area contributed by atoms with Crippen molar-refractivity contribution in [3.05, 3.63) is 70.5 Å². The number of carbonyl (C=O) groups excluding carboxylic acids is 1. The van der Waals surface area contributed by atoms with E-state index in [0.29, 0.717) is 22.9 Å². The first kappa shape index (κ1) is 20.1. The second-order valence-electron chi connectivity index (χ2n) is 6.60. The first-order valence-electron chi connectivity index (χ1n) is 9.12. The highest BCUT2D eigenvalue weighted by atomic mass is 16.5. The first-order chi connectivity index (χ1) is 13.9. The quantitative estimate of drug-likeness (QED) is 0.694. The zero-order valence-electron chi connectivity index (χ0n) is 16.8. The van der Waals surface area contributed by atoms with Crippen LogP contribution in [0.5, 0.6) is 11.5 Å². The molecule has 0 aliphatic rings. The number of aryl methyl sites for hydroxylation is 1.